The summed E-state index contributed by atoms with van der Waals surface area (Å²) in [5.41, 5.74) is 4.08. The van der Waals surface area contributed by atoms with Crippen LogP contribution in [0.25, 0.3) is 10.6 Å². The Kier molecular flexibility index (Phi) is 12.5. The molecule has 0 aliphatic carbocycles. The molecule has 4 aromatic rings. The number of nitrogens with one attached hydrogen (secondary N) is 2. The van der Waals surface area contributed by atoms with Gasteiger partial charge in [-0.05, 0) is 94.5 Å². The van der Waals surface area contributed by atoms with Gasteiger partial charge in [0.05, 0.1) is 28.4 Å². The maximum atomic E-state index is 10.7. The van der Waals surface area contributed by atoms with Crippen LogP contribution in [0.15, 0.2) is 97.1 Å². The van der Waals surface area contributed by atoms with Crippen molar-refractivity contribution in [2.75, 3.05) is 28.4 Å². The first-order chi connectivity index (χ1) is 29.2. The van der Waals surface area contributed by atoms with Gasteiger partial charge < -0.3 is 60.6 Å². The second-order valence-electron chi connectivity index (χ2n) is 16.8. The van der Waals surface area contributed by atoms with Gasteiger partial charge in [0.25, 0.3) is 0 Å². The molecule has 0 saturated carbocycles. The summed E-state index contributed by atoms with van der Waals surface area (Å²) in [5.74, 6) is 1.63. The quantitative estimate of drug-likeness (QED) is 0.0766. The van der Waals surface area contributed by atoms with E-state index in [2.05, 4.69) is 34.9 Å². The number of methoxy groups -OCH3 is 4. The Labute approximate surface area is 367 Å². The molecule has 12 unspecified atom stereocenters. The Hall–Kier alpha value is -4.91. The summed E-state index contributed by atoms with van der Waals surface area (Å²) in [6.07, 6.45) is 12.5. The number of aromatic hydroxyl groups is 4. The van der Waals surface area contributed by atoms with Crippen LogP contribution < -0.4 is 29.6 Å². The van der Waals surface area contributed by atoms with Gasteiger partial charge >= 0.3 is 16.5 Å². The molecule has 3 saturated heterocycles. The van der Waals surface area contributed by atoms with E-state index in [-0.39, 0.29) is 111 Å². The minimum Gasteiger partial charge on any atom is -0.656 e. The molecule has 0 amide bonds. The van der Waals surface area contributed by atoms with Gasteiger partial charge in [-0.1, -0.05) is 74.3 Å². The third-order valence-electron chi connectivity index (χ3n) is 13.7. The first kappa shape index (κ1) is 42.8. The standard InChI is InChI=1S/C48H54N4O8.Ni/c1-57-41-21-25(5-17-37(41)53)45-29-9-11-31(49-29)46(26-6-18-38(54)42(22-26)58-2)33-13-15-35(51-33)48(28-8-20-40(56)44(24-28)60-4)36-16-14-34(52-36)47(32-12-10-30(45)50-32)27-7-19-39(55)43(23-27)59-3;/h5-9,11,14,16-24,29-36,45-49,52-56H,10,12-13,15H2,1-4H3;/q-2;+2. The zero-order valence-electron chi connectivity index (χ0n) is 34.6. The van der Waals surface area contributed by atoms with E-state index in [0.29, 0.717) is 23.0 Å². The van der Waals surface area contributed by atoms with E-state index in [1.165, 1.54) is 0 Å². The van der Waals surface area contributed by atoms with Crippen molar-refractivity contribution in [2.45, 2.75) is 97.7 Å². The summed E-state index contributed by atoms with van der Waals surface area (Å²) in [6.45, 7) is 0. The van der Waals surface area contributed by atoms with Crippen molar-refractivity contribution in [3.8, 4) is 46.0 Å². The zero-order chi connectivity index (χ0) is 41.7. The molecule has 0 spiro atoms. The van der Waals surface area contributed by atoms with E-state index in [9.17, 15) is 20.4 Å². The number of nitrogens with zero attached hydrogens (tertiary/aromatic N) is 2. The minimum absolute atomic E-state index is 0. The first-order valence-corrected chi connectivity index (χ1v) is 20.9. The van der Waals surface area contributed by atoms with Crippen LogP contribution >= 0.6 is 0 Å². The third-order valence-corrected chi connectivity index (χ3v) is 13.7. The van der Waals surface area contributed by atoms with Crippen molar-refractivity contribution in [1.82, 2.24) is 10.6 Å². The van der Waals surface area contributed by atoms with E-state index in [1.807, 2.05) is 48.5 Å². The number of benzene rings is 4. The monoisotopic (exact) mass is 872 g/mol. The van der Waals surface area contributed by atoms with E-state index in [0.717, 1.165) is 47.9 Å². The predicted octanol–water partition coefficient (Wildman–Crippen LogP) is 7.59. The van der Waals surface area contributed by atoms with Crippen LogP contribution in [0.3, 0.4) is 0 Å². The first-order valence-electron chi connectivity index (χ1n) is 20.9. The largest absolute Gasteiger partial charge is 2.00 e. The summed E-state index contributed by atoms with van der Waals surface area (Å²) in [5, 5.41) is 62.2. The molecule has 12 nitrogen and oxygen atoms in total. The van der Waals surface area contributed by atoms with Crippen molar-refractivity contribution in [3.63, 3.8) is 0 Å². The number of fused-ring (bicyclic) bond motifs is 8. The average Bonchev–Trinajstić information content (AvgIpc) is 4.11. The third kappa shape index (κ3) is 8.03. The van der Waals surface area contributed by atoms with Crippen LogP contribution in [0.1, 0.15) is 71.6 Å². The summed E-state index contributed by atoms with van der Waals surface area (Å²) >= 11 is 0. The number of hydrogen-bond donors (Lipinski definition) is 6. The van der Waals surface area contributed by atoms with Gasteiger partial charge in [-0.25, -0.2) is 0 Å². The molecular weight excluding hydrogens is 819 g/mol. The molecule has 5 aliphatic heterocycles. The van der Waals surface area contributed by atoms with E-state index in [4.69, 9.17) is 29.6 Å². The van der Waals surface area contributed by atoms with Crippen molar-refractivity contribution in [2.24, 2.45) is 0 Å². The number of phenolic OH excluding ortho intramolecular Hbond substituents is 4. The predicted molar refractivity (Wildman–Crippen MR) is 230 cm³/mol. The fourth-order valence-corrected chi connectivity index (χ4v) is 10.9. The van der Waals surface area contributed by atoms with E-state index in [1.54, 1.807) is 52.7 Å². The van der Waals surface area contributed by atoms with Gasteiger partial charge in [0.15, 0.2) is 46.0 Å². The second kappa shape index (κ2) is 17.8. The maximum absolute atomic E-state index is 10.7. The fraction of sp³-hybridized carbons (Fsp3) is 0.417. The number of phenols is 4. The molecule has 8 bridgehead atoms. The average molecular weight is 874 g/mol. The normalized spacial score (nSPS) is 31.4. The van der Waals surface area contributed by atoms with Crippen molar-refractivity contribution in [1.29, 1.82) is 0 Å². The summed E-state index contributed by atoms with van der Waals surface area (Å²) in [4.78, 5) is 0. The van der Waals surface area contributed by atoms with Gasteiger partial charge in [-0.2, -0.15) is 0 Å². The molecule has 4 aromatic carbocycles. The molecule has 61 heavy (non-hydrogen) atoms. The minimum atomic E-state index is -0.110. The van der Waals surface area contributed by atoms with Gasteiger partial charge in [0.1, 0.15) is 0 Å². The molecule has 9 rings (SSSR count). The molecular formula is C48H54N4NiO8. The zero-order valence-corrected chi connectivity index (χ0v) is 35.6. The molecule has 13 heteroatoms. The maximum Gasteiger partial charge on any atom is 2.00 e. The van der Waals surface area contributed by atoms with Crippen LogP contribution in [0, 0.1) is 0 Å². The Balaban J connectivity index is 0.00000514. The SMILES string of the molecule is COc1cc(C2C3CCC([N-]3)C(c3ccc(O)c(OC)c3)C3C=CC(N3)C(c3ccc(O)c(OC)c3)C3CCC([N-]3)C(c3ccc(O)c(OC)c3)C3C=CC2N3)ccc1O.[Ni+2]. The Morgan fingerprint density at radius 2 is 0.639 bits per heavy atom. The van der Waals surface area contributed by atoms with Gasteiger partial charge in [0.2, 0.25) is 0 Å². The molecule has 5 aliphatic rings. The molecule has 3 fully saturated rings. The van der Waals surface area contributed by atoms with Gasteiger partial charge in [0, 0.05) is 24.2 Å². The fourth-order valence-electron chi connectivity index (χ4n) is 10.9. The molecule has 0 aromatic heterocycles. The Bertz CT molecular complexity index is 1960. The number of hydrogen-bond acceptors (Lipinski definition) is 10. The van der Waals surface area contributed by atoms with Crippen molar-refractivity contribution in [3.05, 3.63) is 130 Å². The number of ether oxygens (including phenoxy) is 4. The van der Waals surface area contributed by atoms with Crippen molar-refractivity contribution >= 4 is 0 Å². The van der Waals surface area contributed by atoms with Crippen LogP contribution in [0.4, 0.5) is 0 Å². The van der Waals surface area contributed by atoms with E-state index >= 15 is 0 Å². The summed E-state index contributed by atoms with van der Waals surface area (Å²) in [6, 6.07) is 21.8. The molecule has 6 N–H and O–H groups in total. The topological polar surface area (TPSA) is 170 Å². The summed E-state index contributed by atoms with van der Waals surface area (Å²) in [7, 11) is 6.28. The molecule has 12 atom stereocenters. The number of rotatable bonds is 8. The second-order valence-corrected chi connectivity index (χ2v) is 16.8. The van der Waals surface area contributed by atoms with Crippen molar-refractivity contribution < 1.29 is 55.9 Å². The van der Waals surface area contributed by atoms with Crippen LogP contribution in [0.5, 0.6) is 46.0 Å². The summed E-state index contributed by atoms with van der Waals surface area (Å²) < 4.78 is 22.5. The molecule has 0 radical (unpaired) electrons. The smallest absolute Gasteiger partial charge is 0.656 e. The molecule has 5 heterocycles. The van der Waals surface area contributed by atoms with E-state index < -0.39 is 0 Å². The Morgan fingerprint density at radius 3 is 0.852 bits per heavy atom. The Morgan fingerprint density at radius 1 is 0.410 bits per heavy atom. The molecule has 324 valence electrons. The van der Waals surface area contributed by atoms with Crippen LogP contribution in [-0.2, 0) is 16.5 Å². The van der Waals surface area contributed by atoms with Crippen LogP contribution in [0.2, 0.25) is 0 Å². The van der Waals surface area contributed by atoms with Gasteiger partial charge in [-0.3, -0.25) is 0 Å². The van der Waals surface area contributed by atoms with Crippen LogP contribution in [-0.4, -0.2) is 97.2 Å². The van der Waals surface area contributed by atoms with Gasteiger partial charge in [-0.15, -0.1) is 24.2 Å².